The number of carboxylic acids is 1. The fourth-order valence-corrected chi connectivity index (χ4v) is 1.60. The Morgan fingerprint density at radius 2 is 1.86 bits per heavy atom. The first-order valence-corrected chi connectivity index (χ1v) is 7.05. The summed E-state index contributed by atoms with van der Waals surface area (Å²) < 4.78 is 5.32. The molecule has 1 aromatic carbocycles. The molecular formula is C15H22N2O4. The van der Waals surface area contributed by atoms with Gasteiger partial charge in [0.2, 0.25) is 0 Å². The van der Waals surface area contributed by atoms with E-state index in [2.05, 4.69) is 17.6 Å². The van der Waals surface area contributed by atoms with Crippen LogP contribution >= 0.6 is 0 Å². The standard InChI is InChI=1S/C15H22N2O4/c1-2-3-9-21-10-8-16-15(20)17-11-12-4-6-13(7-5-12)14(18)19/h4-7H,2-3,8-11H2,1H3,(H,18,19)(H2,16,17,20). The molecule has 0 aliphatic carbocycles. The molecule has 0 bridgehead atoms. The van der Waals surface area contributed by atoms with Crippen molar-refractivity contribution in [3.63, 3.8) is 0 Å². The van der Waals surface area contributed by atoms with Crippen molar-refractivity contribution in [2.24, 2.45) is 0 Å². The Morgan fingerprint density at radius 3 is 2.48 bits per heavy atom. The third kappa shape index (κ3) is 7.31. The summed E-state index contributed by atoms with van der Waals surface area (Å²) >= 11 is 0. The van der Waals surface area contributed by atoms with Crippen molar-refractivity contribution in [1.29, 1.82) is 0 Å². The monoisotopic (exact) mass is 294 g/mol. The molecule has 0 radical (unpaired) electrons. The third-order valence-corrected chi connectivity index (χ3v) is 2.83. The highest BCUT2D eigenvalue weighted by molar-refractivity contribution is 5.87. The van der Waals surface area contributed by atoms with Gasteiger partial charge in [-0.2, -0.15) is 0 Å². The number of carbonyl (C=O) groups excluding carboxylic acids is 1. The molecule has 6 nitrogen and oxygen atoms in total. The maximum Gasteiger partial charge on any atom is 0.335 e. The van der Waals surface area contributed by atoms with E-state index >= 15 is 0 Å². The third-order valence-electron chi connectivity index (χ3n) is 2.83. The van der Waals surface area contributed by atoms with Crippen molar-refractivity contribution in [1.82, 2.24) is 10.6 Å². The second-order valence-electron chi connectivity index (χ2n) is 4.58. The van der Waals surface area contributed by atoms with E-state index in [0.29, 0.717) is 19.7 Å². The predicted octanol–water partition coefficient (Wildman–Crippen LogP) is 2.00. The summed E-state index contributed by atoms with van der Waals surface area (Å²) in [6.07, 6.45) is 2.12. The van der Waals surface area contributed by atoms with Gasteiger partial charge in [0.05, 0.1) is 12.2 Å². The van der Waals surface area contributed by atoms with Crippen LogP contribution in [0.15, 0.2) is 24.3 Å². The van der Waals surface area contributed by atoms with Gasteiger partial charge in [-0.05, 0) is 24.1 Å². The zero-order valence-electron chi connectivity index (χ0n) is 12.2. The topological polar surface area (TPSA) is 87.7 Å². The summed E-state index contributed by atoms with van der Waals surface area (Å²) in [5.74, 6) is -0.963. The van der Waals surface area contributed by atoms with E-state index in [1.54, 1.807) is 12.1 Å². The Hall–Kier alpha value is -2.08. The molecule has 0 atom stereocenters. The number of amides is 2. The summed E-state index contributed by atoms with van der Waals surface area (Å²) in [6.45, 7) is 4.13. The Kier molecular flexibility index (Phi) is 7.89. The average molecular weight is 294 g/mol. The fourth-order valence-electron chi connectivity index (χ4n) is 1.60. The molecule has 0 saturated carbocycles. The molecule has 0 aromatic heterocycles. The van der Waals surface area contributed by atoms with E-state index in [0.717, 1.165) is 25.0 Å². The van der Waals surface area contributed by atoms with Crippen molar-refractivity contribution in [3.05, 3.63) is 35.4 Å². The molecule has 0 spiro atoms. The van der Waals surface area contributed by atoms with Crippen molar-refractivity contribution in [2.75, 3.05) is 19.8 Å². The van der Waals surface area contributed by atoms with Crippen LogP contribution < -0.4 is 10.6 Å². The zero-order chi connectivity index (χ0) is 15.5. The highest BCUT2D eigenvalue weighted by Gasteiger charge is 2.03. The van der Waals surface area contributed by atoms with Gasteiger partial charge in [0.1, 0.15) is 0 Å². The van der Waals surface area contributed by atoms with Gasteiger partial charge in [0.25, 0.3) is 0 Å². The van der Waals surface area contributed by atoms with E-state index in [1.165, 1.54) is 12.1 Å². The van der Waals surface area contributed by atoms with Gasteiger partial charge in [-0.25, -0.2) is 9.59 Å². The smallest absolute Gasteiger partial charge is 0.335 e. The van der Waals surface area contributed by atoms with Crippen LogP contribution in [0.25, 0.3) is 0 Å². The van der Waals surface area contributed by atoms with Crippen molar-refractivity contribution in [3.8, 4) is 0 Å². The summed E-state index contributed by atoms with van der Waals surface area (Å²) in [4.78, 5) is 22.2. The van der Waals surface area contributed by atoms with Crippen LogP contribution in [0.5, 0.6) is 0 Å². The van der Waals surface area contributed by atoms with Crippen LogP contribution in [-0.2, 0) is 11.3 Å². The minimum Gasteiger partial charge on any atom is -0.478 e. The summed E-state index contributed by atoms with van der Waals surface area (Å²) in [7, 11) is 0. The molecule has 0 fully saturated rings. The molecule has 21 heavy (non-hydrogen) atoms. The fraction of sp³-hybridized carbons (Fsp3) is 0.467. The number of hydrogen-bond acceptors (Lipinski definition) is 3. The molecule has 0 heterocycles. The van der Waals surface area contributed by atoms with Gasteiger partial charge >= 0.3 is 12.0 Å². The second kappa shape index (κ2) is 9.77. The number of rotatable bonds is 9. The zero-order valence-corrected chi connectivity index (χ0v) is 12.2. The van der Waals surface area contributed by atoms with Crippen LogP contribution in [-0.4, -0.2) is 36.9 Å². The quantitative estimate of drug-likeness (QED) is 0.608. The average Bonchev–Trinajstić information content (AvgIpc) is 2.49. The Bertz CT molecular complexity index is 445. The number of carboxylic acid groups (broad SMARTS) is 1. The first-order chi connectivity index (χ1) is 10.1. The van der Waals surface area contributed by atoms with E-state index in [1.807, 2.05) is 0 Å². The van der Waals surface area contributed by atoms with E-state index < -0.39 is 5.97 Å². The minimum atomic E-state index is -0.963. The Labute approximate surface area is 124 Å². The van der Waals surface area contributed by atoms with Crippen LogP contribution in [0.3, 0.4) is 0 Å². The summed E-state index contributed by atoms with van der Waals surface area (Å²) in [5.41, 5.74) is 1.07. The number of ether oxygens (including phenoxy) is 1. The number of hydrogen-bond donors (Lipinski definition) is 3. The molecule has 1 aromatic rings. The number of unbranched alkanes of at least 4 members (excludes halogenated alkanes) is 1. The van der Waals surface area contributed by atoms with Gasteiger partial charge < -0.3 is 20.5 Å². The Balaban J connectivity index is 2.16. The van der Waals surface area contributed by atoms with Crippen LogP contribution in [0.1, 0.15) is 35.7 Å². The van der Waals surface area contributed by atoms with Crippen LogP contribution in [0.2, 0.25) is 0 Å². The lowest BCUT2D eigenvalue weighted by Crippen LogP contribution is -2.36. The highest BCUT2D eigenvalue weighted by Crippen LogP contribution is 2.03. The van der Waals surface area contributed by atoms with Crippen LogP contribution in [0, 0.1) is 0 Å². The largest absolute Gasteiger partial charge is 0.478 e. The molecule has 6 heteroatoms. The Morgan fingerprint density at radius 1 is 1.14 bits per heavy atom. The van der Waals surface area contributed by atoms with Gasteiger partial charge in [-0.15, -0.1) is 0 Å². The van der Waals surface area contributed by atoms with Gasteiger partial charge in [-0.3, -0.25) is 0 Å². The molecular weight excluding hydrogens is 272 g/mol. The predicted molar refractivity (Wildman–Crippen MR) is 79.4 cm³/mol. The lowest BCUT2D eigenvalue weighted by molar-refractivity contribution is 0.0697. The molecule has 1 rings (SSSR count). The number of urea groups is 1. The van der Waals surface area contributed by atoms with E-state index in [4.69, 9.17) is 9.84 Å². The van der Waals surface area contributed by atoms with Crippen molar-refractivity contribution < 1.29 is 19.4 Å². The summed E-state index contributed by atoms with van der Waals surface area (Å²) in [6, 6.07) is 6.11. The molecule has 2 amide bonds. The van der Waals surface area contributed by atoms with Crippen LogP contribution in [0.4, 0.5) is 4.79 Å². The summed E-state index contributed by atoms with van der Waals surface area (Å²) in [5, 5.41) is 14.2. The highest BCUT2D eigenvalue weighted by atomic mass is 16.5. The van der Waals surface area contributed by atoms with Crippen molar-refractivity contribution >= 4 is 12.0 Å². The number of benzene rings is 1. The normalized spacial score (nSPS) is 10.1. The lowest BCUT2D eigenvalue weighted by atomic mass is 10.1. The minimum absolute atomic E-state index is 0.229. The molecule has 0 aliphatic rings. The van der Waals surface area contributed by atoms with E-state index in [9.17, 15) is 9.59 Å². The van der Waals surface area contributed by atoms with Gasteiger partial charge in [-0.1, -0.05) is 25.5 Å². The number of carbonyl (C=O) groups is 2. The molecule has 3 N–H and O–H groups in total. The maximum atomic E-state index is 11.5. The van der Waals surface area contributed by atoms with Gasteiger partial charge in [0, 0.05) is 19.7 Å². The first kappa shape index (κ1) is 17.0. The lowest BCUT2D eigenvalue weighted by Gasteiger charge is -2.08. The number of nitrogens with one attached hydrogen (secondary N) is 2. The maximum absolute atomic E-state index is 11.5. The molecule has 0 saturated heterocycles. The molecule has 0 unspecified atom stereocenters. The number of aromatic carboxylic acids is 1. The first-order valence-electron chi connectivity index (χ1n) is 7.05. The second-order valence-corrected chi connectivity index (χ2v) is 4.58. The van der Waals surface area contributed by atoms with Gasteiger partial charge in [0.15, 0.2) is 0 Å². The molecule has 0 aliphatic heterocycles. The van der Waals surface area contributed by atoms with E-state index in [-0.39, 0.29) is 11.6 Å². The van der Waals surface area contributed by atoms with Crippen molar-refractivity contribution in [2.45, 2.75) is 26.3 Å². The molecule has 116 valence electrons. The SMILES string of the molecule is CCCCOCCNC(=O)NCc1ccc(C(=O)O)cc1.